The maximum atomic E-state index is 12.4. The normalized spacial score (nSPS) is 16.4. The maximum absolute atomic E-state index is 12.4. The Hall–Kier alpha value is -1.89. The van der Waals surface area contributed by atoms with E-state index in [1.807, 2.05) is 11.8 Å². The minimum Gasteiger partial charge on any atom is -0.469 e. The molecule has 0 aromatic carbocycles. The van der Waals surface area contributed by atoms with E-state index in [1.165, 1.54) is 7.11 Å². The number of rotatable bonds is 6. The second kappa shape index (κ2) is 9.16. The molecule has 2 rings (SSSR count). The lowest BCUT2D eigenvalue weighted by molar-refractivity contribution is -0.146. The number of piperidine rings is 1. The number of methoxy groups -OCH3 is 1. The molecule has 0 saturated carbocycles. The Labute approximate surface area is 159 Å². The molecule has 1 aromatic rings. The molecule has 1 aromatic heterocycles. The SMILES string of the molecule is COC(=O)C[C@@H](C)C(=O)N1CCC(CCc2c(C)nc(Cl)nc2N)CC1. The van der Waals surface area contributed by atoms with E-state index < -0.39 is 0 Å². The molecule has 144 valence electrons. The third-order valence-electron chi connectivity index (χ3n) is 5.07. The number of anilines is 1. The van der Waals surface area contributed by atoms with Gasteiger partial charge < -0.3 is 15.4 Å². The number of likely N-dealkylation sites (tertiary alicyclic amines) is 1. The average Bonchev–Trinajstić information content (AvgIpc) is 2.60. The van der Waals surface area contributed by atoms with Crippen LogP contribution in [0.1, 0.15) is 43.9 Å². The van der Waals surface area contributed by atoms with Crippen LogP contribution in [0.3, 0.4) is 0 Å². The van der Waals surface area contributed by atoms with Crippen LogP contribution in [0.25, 0.3) is 0 Å². The number of nitrogens with two attached hydrogens (primary N) is 1. The van der Waals surface area contributed by atoms with Gasteiger partial charge in [0.15, 0.2) is 0 Å². The summed E-state index contributed by atoms with van der Waals surface area (Å²) in [5, 5.41) is 0.177. The van der Waals surface area contributed by atoms with Gasteiger partial charge in [-0.3, -0.25) is 9.59 Å². The second-order valence-corrected chi connectivity index (χ2v) is 7.27. The van der Waals surface area contributed by atoms with Crippen molar-refractivity contribution in [2.24, 2.45) is 11.8 Å². The van der Waals surface area contributed by atoms with Crippen molar-refractivity contribution in [1.29, 1.82) is 0 Å². The van der Waals surface area contributed by atoms with Gasteiger partial charge in [0.1, 0.15) is 5.82 Å². The van der Waals surface area contributed by atoms with Crippen molar-refractivity contribution in [2.45, 2.75) is 46.0 Å². The van der Waals surface area contributed by atoms with Gasteiger partial charge in [-0.25, -0.2) is 9.97 Å². The molecule has 0 unspecified atom stereocenters. The van der Waals surface area contributed by atoms with Crippen LogP contribution in [0.15, 0.2) is 0 Å². The molecule has 1 saturated heterocycles. The minimum absolute atomic E-state index is 0.0278. The number of nitrogen functional groups attached to an aromatic ring is 1. The van der Waals surface area contributed by atoms with E-state index in [4.69, 9.17) is 17.3 Å². The van der Waals surface area contributed by atoms with Crippen molar-refractivity contribution >= 4 is 29.3 Å². The van der Waals surface area contributed by atoms with Crippen molar-refractivity contribution in [2.75, 3.05) is 25.9 Å². The number of carbonyl (C=O) groups is 2. The predicted octanol–water partition coefficient (Wildman–Crippen LogP) is 2.39. The fraction of sp³-hybridized carbons (Fsp3) is 0.667. The summed E-state index contributed by atoms with van der Waals surface area (Å²) in [6.07, 6.45) is 3.82. The van der Waals surface area contributed by atoms with Gasteiger partial charge in [-0.1, -0.05) is 6.92 Å². The smallest absolute Gasteiger partial charge is 0.306 e. The fourth-order valence-corrected chi connectivity index (χ4v) is 3.63. The monoisotopic (exact) mass is 382 g/mol. The highest BCUT2D eigenvalue weighted by atomic mass is 35.5. The van der Waals surface area contributed by atoms with Crippen molar-refractivity contribution in [3.05, 3.63) is 16.5 Å². The highest BCUT2D eigenvalue weighted by molar-refractivity contribution is 6.28. The number of hydrogen-bond donors (Lipinski definition) is 1. The lowest BCUT2D eigenvalue weighted by Crippen LogP contribution is -2.41. The van der Waals surface area contributed by atoms with Gasteiger partial charge in [-0.15, -0.1) is 0 Å². The Morgan fingerprint density at radius 3 is 2.58 bits per heavy atom. The third kappa shape index (κ3) is 5.30. The first-order valence-corrected chi connectivity index (χ1v) is 9.33. The van der Waals surface area contributed by atoms with Gasteiger partial charge >= 0.3 is 5.97 Å². The number of esters is 1. The molecule has 2 heterocycles. The van der Waals surface area contributed by atoms with Crippen LogP contribution in [0.2, 0.25) is 5.28 Å². The van der Waals surface area contributed by atoms with Crippen LogP contribution < -0.4 is 5.73 Å². The van der Waals surface area contributed by atoms with E-state index in [1.54, 1.807) is 6.92 Å². The van der Waals surface area contributed by atoms with Gasteiger partial charge in [-0.05, 0) is 50.1 Å². The Morgan fingerprint density at radius 2 is 2.00 bits per heavy atom. The summed E-state index contributed by atoms with van der Waals surface area (Å²) in [7, 11) is 1.34. The van der Waals surface area contributed by atoms with Crippen LogP contribution >= 0.6 is 11.6 Å². The molecule has 0 spiro atoms. The van der Waals surface area contributed by atoms with Crippen LogP contribution in [0.5, 0.6) is 0 Å². The van der Waals surface area contributed by atoms with E-state index in [0.717, 1.165) is 50.0 Å². The van der Waals surface area contributed by atoms with E-state index in [-0.39, 0.29) is 29.5 Å². The van der Waals surface area contributed by atoms with Gasteiger partial charge in [0, 0.05) is 30.3 Å². The van der Waals surface area contributed by atoms with E-state index in [9.17, 15) is 9.59 Å². The predicted molar refractivity (Wildman–Crippen MR) is 99.6 cm³/mol. The molecule has 1 aliphatic rings. The quantitative estimate of drug-likeness (QED) is 0.599. The van der Waals surface area contributed by atoms with Crippen LogP contribution in [-0.2, 0) is 20.7 Å². The topological polar surface area (TPSA) is 98.4 Å². The highest BCUT2D eigenvalue weighted by Gasteiger charge is 2.27. The minimum atomic E-state index is -0.348. The first kappa shape index (κ1) is 20.4. The molecule has 1 fully saturated rings. The maximum Gasteiger partial charge on any atom is 0.306 e. The average molecular weight is 383 g/mol. The zero-order chi connectivity index (χ0) is 19.3. The van der Waals surface area contributed by atoms with Gasteiger partial charge in [-0.2, -0.15) is 0 Å². The fourth-order valence-electron chi connectivity index (χ4n) is 3.41. The Bertz CT molecular complexity index is 637. The molecular formula is C18H27ClN4O3. The largest absolute Gasteiger partial charge is 0.469 e. The Morgan fingerprint density at radius 1 is 1.35 bits per heavy atom. The van der Waals surface area contributed by atoms with Crippen molar-refractivity contribution < 1.29 is 14.3 Å². The zero-order valence-electron chi connectivity index (χ0n) is 15.6. The van der Waals surface area contributed by atoms with E-state index in [0.29, 0.717) is 11.7 Å². The molecule has 0 bridgehead atoms. The second-order valence-electron chi connectivity index (χ2n) is 6.93. The Balaban J connectivity index is 1.82. The molecule has 1 amide bonds. The summed E-state index contributed by atoms with van der Waals surface area (Å²) >= 11 is 5.81. The first-order valence-electron chi connectivity index (χ1n) is 8.95. The molecule has 0 radical (unpaired) electrons. The summed E-state index contributed by atoms with van der Waals surface area (Å²) < 4.78 is 4.64. The molecule has 2 N–H and O–H groups in total. The first-order chi connectivity index (χ1) is 12.3. The number of hydrogen-bond acceptors (Lipinski definition) is 6. The number of halogens is 1. The standard InChI is InChI=1S/C18H27ClN4O3/c1-11(10-15(24)26-3)17(25)23-8-6-13(7-9-23)4-5-14-12(2)21-18(19)22-16(14)20/h11,13H,4-10H2,1-3H3,(H2,20,21,22)/t11-/m1/s1. The molecule has 1 aliphatic heterocycles. The Kier molecular flexibility index (Phi) is 7.20. The molecule has 26 heavy (non-hydrogen) atoms. The number of carbonyl (C=O) groups excluding carboxylic acids is 2. The number of aromatic nitrogens is 2. The number of ether oxygens (including phenoxy) is 1. The van der Waals surface area contributed by atoms with Gasteiger partial charge in [0.05, 0.1) is 13.5 Å². The van der Waals surface area contributed by atoms with Gasteiger partial charge in [0.2, 0.25) is 11.2 Å². The van der Waals surface area contributed by atoms with Crippen LogP contribution in [0.4, 0.5) is 5.82 Å². The number of nitrogens with zero attached hydrogens (tertiary/aromatic N) is 3. The summed E-state index contributed by atoms with van der Waals surface area (Å²) in [5.41, 5.74) is 7.74. The number of aryl methyl sites for hydroxylation is 1. The lowest BCUT2D eigenvalue weighted by atomic mass is 9.89. The van der Waals surface area contributed by atoms with Crippen LogP contribution in [0, 0.1) is 18.8 Å². The van der Waals surface area contributed by atoms with E-state index >= 15 is 0 Å². The molecule has 0 aliphatic carbocycles. The summed E-state index contributed by atoms with van der Waals surface area (Å²) in [4.78, 5) is 33.8. The molecule has 7 nitrogen and oxygen atoms in total. The van der Waals surface area contributed by atoms with Gasteiger partial charge in [0.25, 0.3) is 0 Å². The molecule has 8 heteroatoms. The lowest BCUT2D eigenvalue weighted by Gasteiger charge is -2.33. The van der Waals surface area contributed by atoms with E-state index in [2.05, 4.69) is 14.7 Å². The highest BCUT2D eigenvalue weighted by Crippen LogP contribution is 2.26. The molecular weight excluding hydrogens is 356 g/mol. The zero-order valence-corrected chi connectivity index (χ0v) is 16.4. The molecule has 1 atom stereocenters. The number of amides is 1. The van der Waals surface area contributed by atoms with Crippen LogP contribution in [-0.4, -0.2) is 46.9 Å². The van der Waals surface area contributed by atoms with Crippen molar-refractivity contribution in [3.8, 4) is 0 Å². The summed E-state index contributed by atoms with van der Waals surface area (Å²) in [5.74, 6) is 0.322. The van der Waals surface area contributed by atoms with Crippen molar-refractivity contribution in [1.82, 2.24) is 14.9 Å². The summed E-state index contributed by atoms with van der Waals surface area (Å²) in [6, 6.07) is 0. The summed E-state index contributed by atoms with van der Waals surface area (Å²) in [6.45, 7) is 5.11. The van der Waals surface area contributed by atoms with Crippen molar-refractivity contribution in [3.63, 3.8) is 0 Å². The third-order valence-corrected chi connectivity index (χ3v) is 5.24.